The molecule has 2 N–H and O–H groups in total. The minimum atomic E-state index is -0.724. The molecular weight excluding hydrogens is 147 g/mol. The number of alkyl halides is 1. The highest BCUT2D eigenvalue weighted by molar-refractivity contribution is 4.89. The van der Waals surface area contributed by atoms with Crippen LogP contribution in [0.15, 0.2) is 0 Å². The molecule has 0 radical (unpaired) electrons. The molecule has 11 heavy (non-hydrogen) atoms. The lowest BCUT2D eigenvalue weighted by molar-refractivity contribution is -0.127. The molecule has 4 heteroatoms. The first-order chi connectivity index (χ1) is 5.29. The number of nitrogens with zero attached hydrogens (tertiary/aromatic N) is 1. The molecule has 2 aliphatic heterocycles. The minimum Gasteiger partial charge on any atom is -0.312 e. The summed E-state index contributed by atoms with van der Waals surface area (Å²) in [5, 5.41) is 13.6. The molecule has 2 rings (SSSR count). The van der Waals surface area contributed by atoms with Crippen LogP contribution in [0.25, 0.3) is 0 Å². The average Bonchev–Trinajstić information content (AvgIpc) is 2.35. The summed E-state index contributed by atoms with van der Waals surface area (Å²) in [4.78, 5) is 0. The van der Waals surface area contributed by atoms with Crippen LogP contribution in [-0.2, 0) is 0 Å². The molecule has 0 aromatic carbocycles. The van der Waals surface area contributed by atoms with Crippen LogP contribution in [0.3, 0.4) is 0 Å². The zero-order valence-corrected chi connectivity index (χ0v) is 6.33. The number of fused-ring (bicyclic) bond motifs is 1. The van der Waals surface area contributed by atoms with Crippen molar-refractivity contribution in [1.82, 2.24) is 10.4 Å². The fourth-order valence-corrected chi connectivity index (χ4v) is 2.02. The van der Waals surface area contributed by atoms with E-state index in [2.05, 4.69) is 5.32 Å². The first kappa shape index (κ1) is 7.46. The molecular formula is C7H13FN2O. The Hall–Kier alpha value is -0.190. The van der Waals surface area contributed by atoms with E-state index in [4.69, 9.17) is 0 Å². The summed E-state index contributed by atoms with van der Waals surface area (Å²) < 4.78 is 13.1. The van der Waals surface area contributed by atoms with Gasteiger partial charge in [0.25, 0.3) is 0 Å². The van der Waals surface area contributed by atoms with E-state index in [9.17, 15) is 9.60 Å². The van der Waals surface area contributed by atoms with Crippen molar-refractivity contribution in [2.24, 2.45) is 5.92 Å². The van der Waals surface area contributed by atoms with Gasteiger partial charge in [-0.2, -0.15) is 5.06 Å². The van der Waals surface area contributed by atoms with E-state index in [1.54, 1.807) is 0 Å². The van der Waals surface area contributed by atoms with Gasteiger partial charge in [-0.1, -0.05) is 0 Å². The number of halogens is 1. The van der Waals surface area contributed by atoms with Gasteiger partial charge in [0.15, 0.2) is 0 Å². The Morgan fingerprint density at radius 3 is 3.00 bits per heavy atom. The van der Waals surface area contributed by atoms with Crippen molar-refractivity contribution in [2.75, 3.05) is 13.1 Å². The van der Waals surface area contributed by atoms with E-state index < -0.39 is 6.17 Å². The van der Waals surface area contributed by atoms with Gasteiger partial charge in [-0.15, -0.1) is 0 Å². The van der Waals surface area contributed by atoms with Gasteiger partial charge in [0.05, 0.1) is 6.17 Å². The Morgan fingerprint density at radius 1 is 1.45 bits per heavy atom. The molecule has 3 unspecified atom stereocenters. The number of nitrogens with one attached hydrogen (secondary N) is 1. The minimum absolute atomic E-state index is 0.00810. The summed E-state index contributed by atoms with van der Waals surface area (Å²) in [6.07, 6.45) is 0.516. The highest BCUT2D eigenvalue weighted by atomic mass is 19.1. The van der Waals surface area contributed by atoms with Crippen LogP contribution in [0.1, 0.15) is 12.8 Å². The second kappa shape index (κ2) is 2.69. The zero-order valence-electron chi connectivity index (χ0n) is 6.33. The van der Waals surface area contributed by atoms with Gasteiger partial charge in [0.1, 0.15) is 6.17 Å². The van der Waals surface area contributed by atoms with E-state index in [0.29, 0.717) is 19.5 Å². The van der Waals surface area contributed by atoms with Gasteiger partial charge in [0, 0.05) is 12.5 Å². The van der Waals surface area contributed by atoms with Crippen LogP contribution in [0.5, 0.6) is 0 Å². The van der Waals surface area contributed by atoms with Crippen molar-refractivity contribution in [3.8, 4) is 0 Å². The Kier molecular flexibility index (Phi) is 1.83. The van der Waals surface area contributed by atoms with Gasteiger partial charge in [-0.05, 0) is 19.4 Å². The third kappa shape index (κ3) is 1.15. The number of rotatable bonds is 0. The summed E-state index contributed by atoms with van der Waals surface area (Å²) in [7, 11) is 0. The van der Waals surface area contributed by atoms with Gasteiger partial charge < -0.3 is 5.21 Å². The van der Waals surface area contributed by atoms with E-state index in [1.807, 2.05) is 0 Å². The van der Waals surface area contributed by atoms with E-state index in [-0.39, 0.29) is 12.1 Å². The van der Waals surface area contributed by atoms with Crippen molar-refractivity contribution in [3.63, 3.8) is 0 Å². The summed E-state index contributed by atoms with van der Waals surface area (Å²) in [6, 6.07) is 0. The molecule has 0 aromatic heterocycles. The monoisotopic (exact) mass is 160 g/mol. The maximum Gasteiger partial charge on any atom is 0.107 e. The third-order valence-electron chi connectivity index (χ3n) is 2.66. The van der Waals surface area contributed by atoms with Gasteiger partial charge in [0.2, 0.25) is 0 Å². The molecule has 0 amide bonds. The standard InChI is InChI=1S/C7H13FN2O/c8-6-1-3-9-7-5(6)2-4-10(7)11/h5-7,9,11H,1-4H2. The van der Waals surface area contributed by atoms with Crippen LogP contribution in [-0.4, -0.2) is 35.7 Å². The maximum absolute atomic E-state index is 13.1. The lowest BCUT2D eigenvalue weighted by Crippen LogP contribution is -2.50. The predicted octanol–water partition coefficient (Wildman–Crippen LogP) is 0.355. The topological polar surface area (TPSA) is 35.5 Å². The molecule has 2 saturated heterocycles. The third-order valence-corrected chi connectivity index (χ3v) is 2.66. The van der Waals surface area contributed by atoms with Crippen LogP contribution in [0.2, 0.25) is 0 Å². The molecule has 64 valence electrons. The molecule has 2 fully saturated rings. The second-order valence-corrected chi connectivity index (χ2v) is 3.32. The molecule has 2 aliphatic rings. The molecule has 0 saturated carbocycles. The van der Waals surface area contributed by atoms with E-state index in [1.165, 1.54) is 5.06 Å². The Bertz CT molecular complexity index is 153. The lowest BCUT2D eigenvalue weighted by Gasteiger charge is -2.31. The zero-order chi connectivity index (χ0) is 7.84. The van der Waals surface area contributed by atoms with Gasteiger partial charge in [-0.3, -0.25) is 5.32 Å². The van der Waals surface area contributed by atoms with Crippen LogP contribution in [0.4, 0.5) is 4.39 Å². The smallest absolute Gasteiger partial charge is 0.107 e. The van der Waals surface area contributed by atoms with Crippen LogP contribution >= 0.6 is 0 Å². The Balaban J connectivity index is 2.07. The van der Waals surface area contributed by atoms with Gasteiger partial charge >= 0.3 is 0 Å². The molecule has 0 spiro atoms. The fraction of sp³-hybridized carbons (Fsp3) is 1.00. The maximum atomic E-state index is 13.1. The average molecular weight is 160 g/mol. The van der Waals surface area contributed by atoms with E-state index >= 15 is 0 Å². The molecule has 2 heterocycles. The Morgan fingerprint density at radius 2 is 2.27 bits per heavy atom. The Labute approximate surface area is 65.1 Å². The largest absolute Gasteiger partial charge is 0.312 e. The summed E-state index contributed by atoms with van der Waals surface area (Å²) >= 11 is 0. The fourth-order valence-electron chi connectivity index (χ4n) is 2.02. The lowest BCUT2D eigenvalue weighted by atomic mass is 9.94. The van der Waals surface area contributed by atoms with E-state index in [0.717, 1.165) is 6.42 Å². The molecule has 0 aliphatic carbocycles. The van der Waals surface area contributed by atoms with Crippen molar-refractivity contribution in [2.45, 2.75) is 25.2 Å². The first-order valence-electron chi connectivity index (χ1n) is 4.12. The number of hydroxylamine groups is 2. The molecule has 3 atom stereocenters. The van der Waals surface area contributed by atoms with Crippen LogP contribution < -0.4 is 5.32 Å². The predicted molar refractivity (Wildman–Crippen MR) is 37.9 cm³/mol. The molecule has 3 nitrogen and oxygen atoms in total. The first-order valence-corrected chi connectivity index (χ1v) is 4.12. The highest BCUT2D eigenvalue weighted by Gasteiger charge is 2.40. The SMILES string of the molecule is ON1CCC2C(F)CCNC21. The summed E-state index contributed by atoms with van der Waals surface area (Å²) in [6.45, 7) is 1.28. The quantitative estimate of drug-likeness (QED) is 0.537. The second-order valence-electron chi connectivity index (χ2n) is 3.32. The number of hydrogen-bond acceptors (Lipinski definition) is 3. The summed E-state index contributed by atoms with van der Waals surface area (Å²) in [5.41, 5.74) is 0. The highest BCUT2D eigenvalue weighted by Crippen LogP contribution is 2.30. The van der Waals surface area contributed by atoms with Crippen molar-refractivity contribution in [1.29, 1.82) is 0 Å². The molecule has 0 bridgehead atoms. The number of hydrogen-bond donors (Lipinski definition) is 2. The van der Waals surface area contributed by atoms with Crippen molar-refractivity contribution >= 4 is 0 Å². The van der Waals surface area contributed by atoms with Gasteiger partial charge in [-0.25, -0.2) is 4.39 Å². The van der Waals surface area contributed by atoms with Crippen molar-refractivity contribution < 1.29 is 9.60 Å². The summed E-state index contributed by atoms with van der Waals surface area (Å²) in [5.74, 6) is 0.00810. The normalized spacial score (nSPS) is 45.8. The van der Waals surface area contributed by atoms with Crippen molar-refractivity contribution in [3.05, 3.63) is 0 Å². The van der Waals surface area contributed by atoms with Crippen LogP contribution in [0, 0.1) is 5.92 Å². The molecule has 0 aromatic rings. The number of piperidine rings is 1.